The summed E-state index contributed by atoms with van der Waals surface area (Å²) in [6, 6.07) is 0. The van der Waals surface area contributed by atoms with Crippen LogP contribution in [0.2, 0.25) is 0 Å². The molecule has 134 valence electrons. The highest BCUT2D eigenvalue weighted by Crippen LogP contribution is 2.65. The molecule has 1 nitrogen and oxygen atoms in total. The van der Waals surface area contributed by atoms with E-state index in [2.05, 4.69) is 0 Å². The first-order valence-corrected chi connectivity index (χ1v) is 7.90. The first-order chi connectivity index (χ1) is 9.31. The molecule has 0 fully saturated rings. The van der Waals surface area contributed by atoms with E-state index in [1.807, 2.05) is 0 Å². The number of alkyl halides is 8. The molecule has 0 aromatic rings. The van der Waals surface area contributed by atoms with Gasteiger partial charge in [0.05, 0.1) is 0 Å². The van der Waals surface area contributed by atoms with Crippen LogP contribution in [0.1, 0.15) is 13.3 Å². The van der Waals surface area contributed by atoms with Crippen molar-refractivity contribution in [2.24, 2.45) is 0 Å². The van der Waals surface area contributed by atoms with Crippen LogP contribution in [0.25, 0.3) is 0 Å². The van der Waals surface area contributed by atoms with Crippen molar-refractivity contribution in [3.63, 3.8) is 0 Å². The summed E-state index contributed by atoms with van der Waals surface area (Å²) in [7, 11) is 2.90. The van der Waals surface area contributed by atoms with E-state index in [9.17, 15) is 35.1 Å². The zero-order valence-corrected chi connectivity index (χ0v) is 15.8. The van der Waals surface area contributed by atoms with Gasteiger partial charge in [0.15, 0.2) is 5.41 Å². The van der Waals surface area contributed by atoms with E-state index in [-0.39, 0.29) is 0 Å². The van der Waals surface area contributed by atoms with E-state index < -0.39 is 46.5 Å². The van der Waals surface area contributed by atoms with Crippen LogP contribution in [0.4, 0.5) is 35.1 Å². The molecule has 0 amide bonds. The van der Waals surface area contributed by atoms with Crippen molar-refractivity contribution < 1.29 is 40.2 Å². The Morgan fingerprint density at radius 2 is 1.09 bits per heavy atom. The standard InChI is InChI=1S/C9H16F8OP4/c1-4(10,19)7(15,20)9(17,22)6(13,14)8(16,21)5(11,12)2-3-18/h18H,2-3,19-22H2,1H3. The molecule has 0 bridgehead atoms. The van der Waals surface area contributed by atoms with Crippen molar-refractivity contribution in [2.75, 3.05) is 6.61 Å². The lowest BCUT2D eigenvalue weighted by molar-refractivity contribution is -0.255. The van der Waals surface area contributed by atoms with Gasteiger partial charge >= 0.3 is 5.92 Å². The fourth-order valence-corrected chi connectivity index (χ4v) is 2.97. The Hall–Kier alpha value is 1.12. The summed E-state index contributed by atoms with van der Waals surface area (Å²) >= 11 is 0. The highest BCUT2D eigenvalue weighted by atomic mass is 31.0. The van der Waals surface area contributed by atoms with E-state index in [0.717, 1.165) is 18.5 Å². The number of hydrogen-bond donors (Lipinski definition) is 1. The molecule has 8 atom stereocenters. The summed E-state index contributed by atoms with van der Waals surface area (Å²) in [5.41, 5.74) is 0. The second-order valence-electron chi connectivity index (χ2n) is 4.96. The molecule has 0 spiro atoms. The Morgan fingerprint density at radius 1 is 0.727 bits per heavy atom. The molecule has 0 saturated carbocycles. The fourth-order valence-electron chi connectivity index (χ4n) is 1.40. The van der Waals surface area contributed by atoms with Crippen molar-refractivity contribution >= 4 is 37.0 Å². The molecule has 13 heteroatoms. The van der Waals surface area contributed by atoms with Gasteiger partial charge in [0.1, 0.15) is 0 Å². The van der Waals surface area contributed by atoms with Crippen LogP contribution in [0.5, 0.6) is 0 Å². The summed E-state index contributed by atoms with van der Waals surface area (Å²) in [4.78, 5) is 0. The number of aliphatic hydroxyl groups excluding tert-OH is 1. The third kappa shape index (κ3) is 3.40. The monoisotopic (exact) mass is 416 g/mol. The minimum absolute atomic E-state index is 0.355. The molecule has 0 heterocycles. The van der Waals surface area contributed by atoms with Crippen LogP contribution < -0.4 is 0 Å². The fraction of sp³-hybridized carbons (Fsp3) is 1.00. The lowest BCUT2D eigenvalue weighted by Gasteiger charge is -2.48. The maximum atomic E-state index is 14.3. The summed E-state index contributed by atoms with van der Waals surface area (Å²) in [5.74, 6) is -10.6. The number of halogens is 8. The van der Waals surface area contributed by atoms with Crippen LogP contribution in [0.3, 0.4) is 0 Å². The van der Waals surface area contributed by atoms with Crippen molar-refractivity contribution in [2.45, 2.75) is 46.8 Å². The van der Waals surface area contributed by atoms with Crippen molar-refractivity contribution in [3.05, 3.63) is 0 Å². The predicted molar refractivity (Wildman–Crippen MR) is 81.5 cm³/mol. The van der Waals surface area contributed by atoms with Crippen LogP contribution in [0, 0.1) is 0 Å². The largest absolute Gasteiger partial charge is 0.396 e. The molecule has 0 aliphatic rings. The van der Waals surface area contributed by atoms with Gasteiger partial charge in [0.25, 0.3) is 11.3 Å². The molecule has 1 N–H and O–H groups in total. The van der Waals surface area contributed by atoms with E-state index in [4.69, 9.17) is 5.11 Å². The van der Waals surface area contributed by atoms with Gasteiger partial charge in [-0.1, -0.05) is 37.0 Å². The highest BCUT2D eigenvalue weighted by molar-refractivity contribution is 7.28. The third-order valence-corrected chi connectivity index (χ3v) is 6.75. The van der Waals surface area contributed by atoms with Crippen LogP contribution in [0.15, 0.2) is 0 Å². The maximum absolute atomic E-state index is 14.3. The topological polar surface area (TPSA) is 20.2 Å². The Bertz CT molecular complexity index is 407. The summed E-state index contributed by atoms with van der Waals surface area (Å²) in [6.07, 6.45) is -1.77. The molecule has 0 aromatic carbocycles. The Kier molecular flexibility index (Phi) is 6.78. The normalized spacial score (nSPS) is 24.8. The minimum Gasteiger partial charge on any atom is -0.396 e. The molecule has 0 aromatic heterocycles. The van der Waals surface area contributed by atoms with Gasteiger partial charge in [0.2, 0.25) is 10.8 Å². The summed E-state index contributed by atoms with van der Waals surface area (Å²) in [5, 5.41) is -8.87. The molecule has 8 unspecified atom stereocenters. The quantitative estimate of drug-likeness (QED) is 0.495. The van der Waals surface area contributed by atoms with Gasteiger partial charge in [-0.25, -0.2) is 26.3 Å². The second kappa shape index (κ2) is 6.45. The van der Waals surface area contributed by atoms with Crippen molar-refractivity contribution in [1.29, 1.82) is 0 Å². The minimum atomic E-state index is -5.70. The highest BCUT2D eigenvalue weighted by Gasteiger charge is 2.80. The van der Waals surface area contributed by atoms with Gasteiger partial charge in [-0.05, 0) is 6.92 Å². The smallest absolute Gasteiger partial charge is 0.330 e. The van der Waals surface area contributed by atoms with Crippen LogP contribution >= 0.6 is 37.0 Å². The van der Waals surface area contributed by atoms with Gasteiger partial charge in [-0.3, -0.25) is 0 Å². The molecule has 0 radical (unpaired) electrons. The molecule has 0 aliphatic heterocycles. The molecule has 0 aliphatic carbocycles. The zero-order valence-electron chi connectivity index (χ0n) is 11.2. The van der Waals surface area contributed by atoms with E-state index in [1.165, 1.54) is 0 Å². The summed E-state index contributed by atoms with van der Waals surface area (Å²) in [6.45, 7) is -1.03. The summed E-state index contributed by atoms with van der Waals surface area (Å²) < 4.78 is 111. The SMILES string of the molecule is CC(F)(P)C(F)(P)C(F)(P)C(F)(F)C(F)(P)C(F)(F)CCO. The maximum Gasteiger partial charge on any atom is 0.330 e. The zero-order chi connectivity index (χ0) is 18.4. The first kappa shape index (κ1) is 23.1. The van der Waals surface area contributed by atoms with Crippen molar-refractivity contribution in [1.82, 2.24) is 0 Å². The second-order valence-corrected chi connectivity index (χ2v) is 8.43. The van der Waals surface area contributed by atoms with Gasteiger partial charge in [0, 0.05) is 13.0 Å². The first-order valence-electron chi connectivity index (χ1n) is 5.59. The Balaban J connectivity index is 6.11. The molecule has 22 heavy (non-hydrogen) atoms. The van der Waals surface area contributed by atoms with E-state index in [0.29, 0.717) is 25.4 Å². The molecule has 0 saturated heterocycles. The van der Waals surface area contributed by atoms with E-state index >= 15 is 0 Å². The average molecular weight is 416 g/mol. The van der Waals surface area contributed by atoms with Gasteiger partial charge in [-0.15, -0.1) is 0 Å². The van der Waals surface area contributed by atoms with E-state index in [1.54, 1.807) is 0 Å². The van der Waals surface area contributed by atoms with Gasteiger partial charge in [-0.2, -0.15) is 8.78 Å². The number of aliphatic hydroxyl groups is 1. The Labute approximate surface area is 131 Å². The van der Waals surface area contributed by atoms with Gasteiger partial charge < -0.3 is 5.11 Å². The molecular formula is C9H16F8OP4. The molecule has 0 rings (SSSR count). The van der Waals surface area contributed by atoms with Crippen molar-refractivity contribution in [3.8, 4) is 0 Å². The predicted octanol–water partition coefficient (Wildman–Crippen LogP) is 3.82. The lowest BCUT2D eigenvalue weighted by atomic mass is 9.94. The number of hydrogen-bond acceptors (Lipinski definition) is 1. The van der Waals surface area contributed by atoms with Crippen LogP contribution in [-0.2, 0) is 0 Å². The Morgan fingerprint density at radius 3 is 1.36 bits per heavy atom. The third-order valence-electron chi connectivity index (χ3n) is 3.11. The number of rotatable bonds is 7. The molecular weight excluding hydrogens is 400 g/mol. The van der Waals surface area contributed by atoms with Crippen LogP contribution in [-0.4, -0.2) is 45.2 Å². The average Bonchev–Trinajstić information content (AvgIpc) is 2.26. The lowest BCUT2D eigenvalue weighted by Crippen LogP contribution is -2.68.